The van der Waals surface area contributed by atoms with Gasteiger partial charge in [-0.2, -0.15) is 0 Å². The highest BCUT2D eigenvalue weighted by molar-refractivity contribution is 6.00. The predicted molar refractivity (Wildman–Crippen MR) is 91.5 cm³/mol. The molecule has 0 heterocycles. The summed E-state index contributed by atoms with van der Waals surface area (Å²) in [6.45, 7) is 2.81. The van der Waals surface area contributed by atoms with E-state index in [1.54, 1.807) is 0 Å². The van der Waals surface area contributed by atoms with Gasteiger partial charge in [-0.25, -0.2) is 0 Å². The SMILES string of the molecule is Cc1ccccc1OCCOc1ccc2ccccc2c1C=O. The van der Waals surface area contributed by atoms with Crippen LogP contribution in [0.2, 0.25) is 0 Å². The molecular formula is C20H18O3. The highest BCUT2D eigenvalue weighted by atomic mass is 16.5. The van der Waals surface area contributed by atoms with Crippen LogP contribution in [0.15, 0.2) is 60.7 Å². The molecule has 3 nitrogen and oxygen atoms in total. The lowest BCUT2D eigenvalue weighted by Gasteiger charge is -2.12. The summed E-state index contributed by atoms with van der Waals surface area (Å²) in [4.78, 5) is 11.4. The number of aldehydes is 1. The topological polar surface area (TPSA) is 35.5 Å². The first kappa shape index (κ1) is 15.1. The van der Waals surface area contributed by atoms with Crippen LogP contribution in [0.5, 0.6) is 11.5 Å². The molecule has 0 saturated heterocycles. The molecule has 0 aliphatic heterocycles. The highest BCUT2D eigenvalue weighted by Gasteiger charge is 2.08. The molecule has 0 spiro atoms. The molecule has 0 aliphatic rings. The lowest BCUT2D eigenvalue weighted by molar-refractivity contribution is 0.112. The first-order valence-corrected chi connectivity index (χ1v) is 7.58. The van der Waals surface area contributed by atoms with Crippen molar-refractivity contribution >= 4 is 17.1 Å². The molecule has 23 heavy (non-hydrogen) atoms. The predicted octanol–water partition coefficient (Wildman–Crippen LogP) is 4.42. The van der Waals surface area contributed by atoms with Crippen molar-refractivity contribution in [1.29, 1.82) is 0 Å². The number of hydrogen-bond donors (Lipinski definition) is 0. The second-order valence-electron chi connectivity index (χ2n) is 5.28. The van der Waals surface area contributed by atoms with E-state index in [9.17, 15) is 4.79 Å². The van der Waals surface area contributed by atoms with Gasteiger partial charge in [0.1, 0.15) is 24.7 Å². The van der Waals surface area contributed by atoms with Gasteiger partial charge in [0, 0.05) is 0 Å². The minimum absolute atomic E-state index is 0.382. The van der Waals surface area contributed by atoms with Gasteiger partial charge in [-0.1, -0.05) is 48.5 Å². The molecule has 0 radical (unpaired) electrons. The minimum Gasteiger partial charge on any atom is -0.490 e. The Morgan fingerprint density at radius 1 is 0.826 bits per heavy atom. The lowest BCUT2D eigenvalue weighted by Crippen LogP contribution is -2.10. The Hall–Kier alpha value is -2.81. The summed E-state index contributed by atoms with van der Waals surface area (Å²) in [7, 11) is 0. The molecule has 0 bridgehead atoms. The van der Waals surface area contributed by atoms with Crippen LogP contribution in [-0.2, 0) is 0 Å². The molecule has 0 aliphatic carbocycles. The first-order chi connectivity index (χ1) is 11.3. The van der Waals surface area contributed by atoms with Crippen LogP contribution in [0.1, 0.15) is 15.9 Å². The van der Waals surface area contributed by atoms with Crippen molar-refractivity contribution in [2.45, 2.75) is 6.92 Å². The summed E-state index contributed by atoms with van der Waals surface area (Å²) < 4.78 is 11.4. The van der Waals surface area contributed by atoms with Crippen molar-refractivity contribution in [3.8, 4) is 11.5 Å². The number of aryl methyl sites for hydroxylation is 1. The summed E-state index contributed by atoms with van der Waals surface area (Å²) in [5.74, 6) is 1.44. The van der Waals surface area contributed by atoms with Gasteiger partial charge in [0.05, 0.1) is 5.56 Å². The average molecular weight is 306 g/mol. The van der Waals surface area contributed by atoms with Crippen LogP contribution in [0.3, 0.4) is 0 Å². The lowest BCUT2D eigenvalue weighted by atomic mass is 10.0. The highest BCUT2D eigenvalue weighted by Crippen LogP contribution is 2.26. The van der Waals surface area contributed by atoms with Gasteiger partial charge >= 0.3 is 0 Å². The largest absolute Gasteiger partial charge is 0.490 e. The van der Waals surface area contributed by atoms with Crippen molar-refractivity contribution in [2.24, 2.45) is 0 Å². The number of para-hydroxylation sites is 1. The van der Waals surface area contributed by atoms with Gasteiger partial charge in [0.15, 0.2) is 6.29 Å². The molecule has 116 valence electrons. The van der Waals surface area contributed by atoms with Crippen LogP contribution in [-0.4, -0.2) is 19.5 Å². The number of benzene rings is 3. The molecule has 0 fully saturated rings. The van der Waals surface area contributed by atoms with E-state index in [2.05, 4.69) is 0 Å². The van der Waals surface area contributed by atoms with E-state index in [1.807, 2.05) is 67.6 Å². The molecule has 3 aromatic rings. The number of ether oxygens (including phenoxy) is 2. The molecule has 3 rings (SSSR count). The number of carbonyl (C=O) groups is 1. The van der Waals surface area contributed by atoms with Gasteiger partial charge in [0.25, 0.3) is 0 Å². The Balaban J connectivity index is 1.68. The molecule has 0 N–H and O–H groups in total. The monoisotopic (exact) mass is 306 g/mol. The van der Waals surface area contributed by atoms with Crippen LogP contribution >= 0.6 is 0 Å². The third-order valence-electron chi connectivity index (χ3n) is 3.74. The van der Waals surface area contributed by atoms with E-state index in [0.717, 1.165) is 28.4 Å². The van der Waals surface area contributed by atoms with Crippen LogP contribution in [0.4, 0.5) is 0 Å². The number of carbonyl (C=O) groups excluding carboxylic acids is 1. The second kappa shape index (κ2) is 6.97. The van der Waals surface area contributed by atoms with Gasteiger partial charge in [-0.3, -0.25) is 4.79 Å². The molecular weight excluding hydrogens is 288 g/mol. The average Bonchev–Trinajstić information content (AvgIpc) is 2.59. The molecule has 0 unspecified atom stereocenters. The summed E-state index contributed by atoms with van der Waals surface area (Å²) in [6, 6.07) is 19.4. The fourth-order valence-electron chi connectivity index (χ4n) is 2.54. The van der Waals surface area contributed by atoms with E-state index in [4.69, 9.17) is 9.47 Å². The molecule has 3 aromatic carbocycles. The second-order valence-corrected chi connectivity index (χ2v) is 5.28. The van der Waals surface area contributed by atoms with Gasteiger partial charge in [0.2, 0.25) is 0 Å². The molecule has 3 heteroatoms. The zero-order valence-electron chi connectivity index (χ0n) is 13.0. The number of hydrogen-bond acceptors (Lipinski definition) is 3. The summed E-state index contributed by atoms with van der Waals surface area (Å²) >= 11 is 0. The van der Waals surface area contributed by atoms with Gasteiger partial charge in [-0.05, 0) is 35.4 Å². The molecule has 0 aromatic heterocycles. The zero-order valence-corrected chi connectivity index (χ0v) is 13.0. The maximum atomic E-state index is 11.4. The maximum absolute atomic E-state index is 11.4. The van der Waals surface area contributed by atoms with Crippen molar-refractivity contribution in [3.63, 3.8) is 0 Å². The van der Waals surface area contributed by atoms with Crippen LogP contribution in [0.25, 0.3) is 10.8 Å². The zero-order chi connectivity index (χ0) is 16.1. The van der Waals surface area contributed by atoms with Crippen molar-refractivity contribution in [3.05, 3.63) is 71.8 Å². The Kier molecular flexibility index (Phi) is 4.57. The quantitative estimate of drug-likeness (QED) is 0.499. The smallest absolute Gasteiger partial charge is 0.154 e. The number of fused-ring (bicyclic) bond motifs is 1. The minimum atomic E-state index is 0.382. The van der Waals surface area contributed by atoms with E-state index < -0.39 is 0 Å². The van der Waals surface area contributed by atoms with Crippen molar-refractivity contribution in [1.82, 2.24) is 0 Å². The van der Waals surface area contributed by atoms with Gasteiger partial charge in [-0.15, -0.1) is 0 Å². The van der Waals surface area contributed by atoms with E-state index in [-0.39, 0.29) is 0 Å². The first-order valence-electron chi connectivity index (χ1n) is 7.58. The Morgan fingerprint density at radius 3 is 2.30 bits per heavy atom. The van der Waals surface area contributed by atoms with E-state index >= 15 is 0 Å². The third-order valence-corrected chi connectivity index (χ3v) is 3.74. The van der Waals surface area contributed by atoms with Crippen molar-refractivity contribution < 1.29 is 14.3 Å². The summed E-state index contributed by atoms with van der Waals surface area (Å²) in [5.41, 5.74) is 1.67. The van der Waals surface area contributed by atoms with E-state index in [1.165, 1.54) is 0 Å². The van der Waals surface area contributed by atoms with Gasteiger partial charge < -0.3 is 9.47 Å². The van der Waals surface area contributed by atoms with Crippen LogP contribution < -0.4 is 9.47 Å². The standard InChI is InChI=1S/C20H18O3/c1-15-6-2-5-9-19(15)22-12-13-23-20-11-10-16-7-3-4-8-17(16)18(20)14-21/h2-11,14H,12-13H2,1H3. The fraction of sp³-hybridized carbons (Fsp3) is 0.150. The normalized spacial score (nSPS) is 10.5. The van der Waals surface area contributed by atoms with Crippen LogP contribution in [0, 0.1) is 6.92 Å². The Bertz CT molecular complexity index is 824. The summed E-state index contributed by atoms with van der Waals surface area (Å²) in [5, 5.41) is 1.93. The molecule has 0 atom stereocenters. The third kappa shape index (κ3) is 3.34. The Morgan fingerprint density at radius 2 is 1.52 bits per heavy atom. The molecule has 0 amide bonds. The molecule has 0 saturated carbocycles. The summed E-state index contributed by atoms with van der Waals surface area (Å²) in [6.07, 6.45) is 0.847. The number of rotatable bonds is 6. The Labute approximate surface area is 135 Å². The maximum Gasteiger partial charge on any atom is 0.154 e. The van der Waals surface area contributed by atoms with E-state index in [0.29, 0.717) is 24.5 Å². The van der Waals surface area contributed by atoms with Crippen molar-refractivity contribution in [2.75, 3.05) is 13.2 Å². The fourth-order valence-corrected chi connectivity index (χ4v) is 2.54.